The van der Waals surface area contributed by atoms with Gasteiger partial charge < -0.3 is 0 Å². The van der Waals surface area contributed by atoms with Crippen molar-refractivity contribution >= 4 is 23.6 Å². The molecule has 108 valence electrons. The molecule has 0 unspecified atom stereocenters. The molecule has 10 heteroatoms. The topological polar surface area (TPSA) is 144 Å². The van der Waals surface area contributed by atoms with Crippen molar-refractivity contribution in [2.24, 2.45) is 20.2 Å². The predicted molar refractivity (Wildman–Crippen MR) is 70.6 cm³/mol. The number of hydrogen-bond donors (Lipinski definition) is 4. The fraction of sp³-hybridized carbons (Fsp3) is 0.600. The maximum atomic E-state index is 9.83. The van der Waals surface area contributed by atoms with Gasteiger partial charge in [-0.3, -0.25) is 21.2 Å². The lowest BCUT2D eigenvalue weighted by molar-refractivity contribution is -0.0631. The van der Waals surface area contributed by atoms with E-state index in [0.717, 1.165) is 0 Å². The van der Waals surface area contributed by atoms with Crippen LogP contribution in [-0.4, -0.2) is 55.2 Å². The molecule has 0 aromatic rings. The largest absolute Gasteiger partial charge is 0.285 e. The highest BCUT2D eigenvalue weighted by Crippen LogP contribution is 2.24. The first kappa shape index (κ1) is 14.2. The number of guanidine groups is 2. The SMILES string of the molecule is CC1(C)C(=N)N=C(N=NC2=NC(=N)C(C)(C)N2O)N1O. The Kier molecular flexibility index (Phi) is 2.95. The number of azo groups is 1. The summed E-state index contributed by atoms with van der Waals surface area (Å²) in [4.78, 5) is 7.54. The molecule has 0 radical (unpaired) electrons. The van der Waals surface area contributed by atoms with Crippen LogP contribution in [0.5, 0.6) is 0 Å². The number of aliphatic imine (C=N–C) groups is 2. The summed E-state index contributed by atoms with van der Waals surface area (Å²) in [6.07, 6.45) is 0. The maximum Gasteiger partial charge on any atom is 0.272 e. The van der Waals surface area contributed by atoms with Gasteiger partial charge in [0.2, 0.25) is 0 Å². The lowest BCUT2D eigenvalue weighted by atomic mass is 10.1. The Morgan fingerprint density at radius 3 is 1.35 bits per heavy atom. The molecule has 0 saturated heterocycles. The zero-order valence-electron chi connectivity index (χ0n) is 11.6. The first-order valence-corrected chi connectivity index (χ1v) is 5.84. The second kappa shape index (κ2) is 4.15. The van der Waals surface area contributed by atoms with Gasteiger partial charge in [-0.05, 0) is 27.7 Å². The lowest BCUT2D eigenvalue weighted by Gasteiger charge is -2.25. The van der Waals surface area contributed by atoms with Crippen LogP contribution in [-0.2, 0) is 0 Å². The van der Waals surface area contributed by atoms with Crippen LogP contribution in [0.15, 0.2) is 20.2 Å². The van der Waals surface area contributed by atoms with E-state index in [1.165, 1.54) is 0 Å². The standard InChI is InChI=1S/C10H16N8O2/c1-9(2)5(11)13-7(17(9)19)15-16-8-14-6(12)10(3,4)18(8)20/h11-12,19-20H,1-4H3. The number of amidine groups is 2. The Morgan fingerprint density at radius 2 is 1.15 bits per heavy atom. The average molecular weight is 280 g/mol. The van der Waals surface area contributed by atoms with Crippen molar-refractivity contribution in [2.75, 3.05) is 0 Å². The second-order valence-corrected chi connectivity index (χ2v) is 5.46. The molecule has 0 amide bonds. The Balaban J connectivity index is 2.21. The van der Waals surface area contributed by atoms with E-state index in [9.17, 15) is 10.4 Å². The third-order valence-electron chi connectivity index (χ3n) is 3.25. The van der Waals surface area contributed by atoms with Gasteiger partial charge in [-0.2, -0.15) is 9.98 Å². The molecule has 0 spiro atoms. The molecule has 0 aliphatic carbocycles. The molecule has 0 saturated carbocycles. The zero-order valence-corrected chi connectivity index (χ0v) is 11.6. The summed E-state index contributed by atoms with van der Waals surface area (Å²) in [5.41, 5.74) is -1.98. The van der Waals surface area contributed by atoms with Crippen molar-refractivity contribution in [3.05, 3.63) is 0 Å². The van der Waals surface area contributed by atoms with Crippen molar-refractivity contribution in [2.45, 2.75) is 38.8 Å². The Labute approximate surface area is 115 Å². The van der Waals surface area contributed by atoms with Crippen LogP contribution in [0.3, 0.4) is 0 Å². The van der Waals surface area contributed by atoms with Gasteiger partial charge in [0.25, 0.3) is 11.9 Å². The normalized spacial score (nSPS) is 24.7. The third-order valence-corrected chi connectivity index (χ3v) is 3.25. The summed E-state index contributed by atoms with van der Waals surface area (Å²) in [5, 5.41) is 43.7. The molecule has 20 heavy (non-hydrogen) atoms. The van der Waals surface area contributed by atoms with E-state index in [1.807, 2.05) is 0 Å². The van der Waals surface area contributed by atoms with Crippen LogP contribution in [0, 0.1) is 10.8 Å². The summed E-state index contributed by atoms with van der Waals surface area (Å²) < 4.78 is 0. The van der Waals surface area contributed by atoms with Crippen molar-refractivity contribution < 1.29 is 10.4 Å². The highest BCUT2D eigenvalue weighted by molar-refractivity contribution is 6.08. The molecule has 4 N–H and O–H groups in total. The third kappa shape index (κ3) is 1.89. The van der Waals surface area contributed by atoms with Gasteiger partial charge in [0.15, 0.2) is 11.7 Å². The van der Waals surface area contributed by atoms with Crippen LogP contribution < -0.4 is 0 Å². The highest BCUT2D eigenvalue weighted by Gasteiger charge is 2.42. The van der Waals surface area contributed by atoms with E-state index in [0.29, 0.717) is 10.1 Å². The summed E-state index contributed by atoms with van der Waals surface area (Å²) in [7, 11) is 0. The average Bonchev–Trinajstić information content (AvgIpc) is 2.67. The van der Waals surface area contributed by atoms with Gasteiger partial charge in [0.05, 0.1) is 0 Å². The van der Waals surface area contributed by atoms with Crippen molar-refractivity contribution in [3.63, 3.8) is 0 Å². The van der Waals surface area contributed by atoms with E-state index in [1.54, 1.807) is 27.7 Å². The van der Waals surface area contributed by atoms with Crippen LogP contribution in [0.4, 0.5) is 0 Å². The Morgan fingerprint density at radius 1 is 0.850 bits per heavy atom. The van der Waals surface area contributed by atoms with Gasteiger partial charge in [0.1, 0.15) is 11.1 Å². The van der Waals surface area contributed by atoms with E-state index in [4.69, 9.17) is 10.8 Å². The first-order chi connectivity index (χ1) is 9.08. The van der Waals surface area contributed by atoms with Crippen LogP contribution in [0.1, 0.15) is 27.7 Å². The van der Waals surface area contributed by atoms with Crippen LogP contribution in [0.25, 0.3) is 0 Å². The van der Waals surface area contributed by atoms with Gasteiger partial charge in [-0.25, -0.2) is 10.1 Å². The van der Waals surface area contributed by atoms with E-state index >= 15 is 0 Å². The minimum Gasteiger partial charge on any atom is -0.285 e. The molecule has 2 aliphatic rings. The summed E-state index contributed by atoms with van der Waals surface area (Å²) in [6.45, 7) is 6.41. The molecular weight excluding hydrogens is 264 g/mol. The molecular formula is C10H16N8O2. The molecule has 10 nitrogen and oxygen atoms in total. The molecule has 0 fully saturated rings. The fourth-order valence-corrected chi connectivity index (χ4v) is 1.49. The van der Waals surface area contributed by atoms with Gasteiger partial charge >= 0.3 is 0 Å². The molecule has 2 rings (SSSR count). The maximum absolute atomic E-state index is 9.83. The molecule has 0 aromatic heterocycles. The summed E-state index contributed by atoms with van der Waals surface area (Å²) in [6, 6.07) is 0. The number of hydroxylamine groups is 4. The Bertz CT molecular complexity index is 524. The van der Waals surface area contributed by atoms with E-state index < -0.39 is 11.1 Å². The smallest absolute Gasteiger partial charge is 0.272 e. The molecule has 2 aliphatic heterocycles. The Hall–Kier alpha value is -2.20. The summed E-state index contributed by atoms with van der Waals surface area (Å²) >= 11 is 0. The predicted octanol–water partition coefficient (Wildman–Crippen LogP) is 1.07. The molecule has 0 aromatic carbocycles. The lowest BCUT2D eigenvalue weighted by Crippen LogP contribution is -2.44. The van der Waals surface area contributed by atoms with Crippen molar-refractivity contribution in [1.29, 1.82) is 10.8 Å². The van der Waals surface area contributed by atoms with Crippen molar-refractivity contribution in [3.8, 4) is 0 Å². The van der Waals surface area contributed by atoms with Gasteiger partial charge in [-0.15, -0.1) is 10.2 Å². The second-order valence-electron chi connectivity index (χ2n) is 5.46. The van der Waals surface area contributed by atoms with E-state index in [-0.39, 0.29) is 23.6 Å². The highest BCUT2D eigenvalue weighted by atomic mass is 16.5. The monoisotopic (exact) mass is 280 g/mol. The zero-order chi connectivity index (χ0) is 15.3. The number of hydrogen-bond acceptors (Lipinski definition) is 8. The van der Waals surface area contributed by atoms with Crippen LogP contribution >= 0.6 is 0 Å². The molecule has 0 atom stereocenters. The van der Waals surface area contributed by atoms with Crippen LogP contribution in [0.2, 0.25) is 0 Å². The number of rotatable bonds is 0. The van der Waals surface area contributed by atoms with Gasteiger partial charge in [-0.1, -0.05) is 0 Å². The van der Waals surface area contributed by atoms with E-state index in [2.05, 4.69) is 20.2 Å². The quantitative estimate of drug-likeness (QED) is 0.492. The fourth-order valence-electron chi connectivity index (χ4n) is 1.49. The molecule has 0 bridgehead atoms. The number of nitrogens with zero attached hydrogens (tertiary/aromatic N) is 6. The van der Waals surface area contributed by atoms with Gasteiger partial charge in [0, 0.05) is 0 Å². The minimum absolute atomic E-state index is 0.0590. The first-order valence-electron chi connectivity index (χ1n) is 5.84. The molecule has 2 heterocycles. The summed E-state index contributed by atoms with van der Waals surface area (Å²) in [5.74, 6) is -0.466. The number of nitrogens with one attached hydrogen (secondary N) is 2. The minimum atomic E-state index is -0.989. The van der Waals surface area contributed by atoms with Crippen molar-refractivity contribution in [1.82, 2.24) is 10.1 Å².